The summed E-state index contributed by atoms with van der Waals surface area (Å²) in [5, 5.41) is 0. The van der Waals surface area contributed by atoms with Gasteiger partial charge >= 0.3 is 11.7 Å². The first-order valence-electron chi connectivity index (χ1n) is 8.65. The van der Waals surface area contributed by atoms with E-state index in [1.807, 2.05) is 19.1 Å². The van der Waals surface area contributed by atoms with Gasteiger partial charge in [0.05, 0.1) is 23.2 Å². The first-order chi connectivity index (χ1) is 13.3. The number of hydrogen-bond donors (Lipinski definition) is 0. The number of carbonyl (C=O) groups is 1. The van der Waals surface area contributed by atoms with Crippen LogP contribution in [0.2, 0.25) is 0 Å². The number of nitrogens with zero attached hydrogens (tertiary/aromatic N) is 2. The summed E-state index contributed by atoms with van der Waals surface area (Å²) in [6, 6.07) is 11.3. The third-order valence-electron chi connectivity index (χ3n) is 4.86. The van der Waals surface area contributed by atoms with Gasteiger partial charge < -0.3 is 9.15 Å². The van der Waals surface area contributed by atoms with Crippen molar-refractivity contribution in [3.05, 3.63) is 58.6 Å². The number of benzene rings is 2. The number of rotatable bonds is 4. The van der Waals surface area contributed by atoms with Crippen molar-refractivity contribution in [2.24, 2.45) is 0 Å². The molecule has 28 heavy (non-hydrogen) atoms. The van der Waals surface area contributed by atoms with Gasteiger partial charge in [0, 0.05) is 12.1 Å². The molecule has 1 aliphatic heterocycles. The van der Waals surface area contributed by atoms with Gasteiger partial charge in [-0.25, -0.2) is 13.2 Å². The van der Waals surface area contributed by atoms with Gasteiger partial charge in [-0.3, -0.25) is 13.7 Å². The Morgan fingerprint density at radius 3 is 2.75 bits per heavy atom. The molecule has 8 nitrogen and oxygen atoms in total. The molecule has 2 aromatic carbocycles. The molecule has 0 amide bonds. The molecule has 0 aliphatic carbocycles. The lowest BCUT2D eigenvalue weighted by molar-refractivity contribution is -0.141. The van der Waals surface area contributed by atoms with E-state index in [1.54, 1.807) is 12.1 Å². The quantitative estimate of drug-likeness (QED) is 0.618. The highest BCUT2D eigenvalue weighted by Gasteiger charge is 2.36. The molecule has 0 fully saturated rings. The molecule has 1 unspecified atom stereocenters. The predicted octanol–water partition coefficient (Wildman–Crippen LogP) is 1.91. The number of methoxy groups -OCH3 is 1. The second-order valence-corrected chi connectivity index (χ2v) is 8.46. The molecule has 1 atom stereocenters. The Morgan fingerprint density at radius 1 is 1.25 bits per heavy atom. The Balaban J connectivity index is 1.79. The van der Waals surface area contributed by atoms with E-state index in [9.17, 15) is 18.0 Å². The maximum absolute atomic E-state index is 13.3. The van der Waals surface area contributed by atoms with Crippen LogP contribution in [-0.2, 0) is 32.5 Å². The molecule has 1 aliphatic rings. The Hall–Kier alpha value is -3.07. The average Bonchev–Trinajstić information content (AvgIpc) is 3.17. The van der Waals surface area contributed by atoms with E-state index in [0.717, 1.165) is 10.1 Å². The van der Waals surface area contributed by atoms with Crippen molar-refractivity contribution in [3.63, 3.8) is 0 Å². The second kappa shape index (κ2) is 6.52. The van der Waals surface area contributed by atoms with Gasteiger partial charge in [-0.15, -0.1) is 0 Å². The van der Waals surface area contributed by atoms with Crippen molar-refractivity contribution >= 4 is 32.8 Å². The minimum atomic E-state index is -3.85. The molecule has 0 bridgehead atoms. The fourth-order valence-electron chi connectivity index (χ4n) is 3.57. The number of para-hydroxylation sites is 1. The predicted molar refractivity (Wildman–Crippen MR) is 102 cm³/mol. The first-order valence-corrected chi connectivity index (χ1v) is 10.1. The molecule has 1 aromatic heterocycles. The number of hydrogen-bond acceptors (Lipinski definition) is 6. The fourth-order valence-corrected chi connectivity index (χ4v) is 5.28. The zero-order chi connectivity index (χ0) is 20.1. The summed E-state index contributed by atoms with van der Waals surface area (Å²) in [6.07, 6.45) is 0.627. The number of esters is 1. The molecule has 0 radical (unpaired) electrons. The summed E-state index contributed by atoms with van der Waals surface area (Å²) in [5.74, 6) is -1.36. The minimum Gasteiger partial charge on any atom is -0.468 e. The molecular formula is C19H18N2O6S. The topological polar surface area (TPSA) is 98.8 Å². The highest BCUT2D eigenvalue weighted by molar-refractivity contribution is 7.92. The van der Waals surface area contributed by atoms with Gasteiger partial charge in [0.25, 0.3) is 10.0 Å². The van der Waals surface area contributed by atoms with E-state index in [1.165, 1.54) is 29.6 Å². The molecule has 2 heterocycles. The maximum atomic E-state index is 13.3. The number of aromatic nitrogens is 1. The Morgan fingerprint density at radius 2 is 2.00 bits per heavy atom. The standard InChI is InChI=1S/C19H18N2O6S/c1-12-9-13-5-3-4-6-15(13)21(12)28(24,25)14-7-8-16-17(10-14)27-19(23)20(16)11-18(22)26-2/h3-8,10,12H,9,11H2,1-2H3. The monoisotopic (exact) mass is 402 g/mol. The van der Waals surface area contributed by atoms with E-state index >= 15 is 0 Å². The smallest absolute Gasteiger partial charge is 0.420 e. The molecule has 4 rings (SSSR count). The average molecular weight is 402 g/mol. The Kier molecular flexibility index (Phi) is 4.26. The van der Waals surface area contributed by atoms with Gasteiger partial charge in [-0.05, 0) is 37.1 Å². The maximum Gasteiger partial charge on any atom is 0.420 e. The molecule has 0 spiro atoms. The summed E-state index contributed by atoms with van der Waals surface area (Å²) in [7, 11) is -2.64. The number of anilines is 1. The molecule has 9 heteroatoms. The van der Waals surface area contributed by atoms with Crippen LogP contribution in [0.1, 0.15) is 12.5 Å². The second-order valence-electron chi connectivity index (χ2n) is 6.64. The summed E-state index contributed by atoms with van der Waals surface area (Å²) in [4.78, 5) is 23.6. The summed E-state index contributed by atoms with van der Waals surface area (Å²) >= 11 is 0. The van der Waals surface area contributed by atoms with Crippen molar-refractivity contribution in [2.45, 2.75) is 30.8 Å². The lowest BCUT2D eigenvalue weighted by atomic mass is 10.1. The number of sulfonamides is 1. The van der Waals surface area contributed by atoms with Crippen LogP contribution in [0.3, 0.4) is 0 Å². The number of carbonyl (C=O) groups excluding carboxylic acids is 1. The van der Waals surface area contributed by atoms with E-state index in [0.29, 0.717) is 17.6 Å². The summed E-state index contributed by atoms with van der Waals surface area (Å²) in [5.41, 5.74) is 2.04. The molecular weight excluding hydrogens is 384 g/mol. The zero-order valence-electron chi connectivity index (χ0n) is 15.3. The van der Waals surface area contributed by atoms with E-state index in [4.69, 9.17) is 4.42 Å². The molecule has 0 N–H and O–H groups in total. The third kappa shape index (κ3) is 2.78. The van der Waals surface area contributed by atoms with Crippen molar-refractivity contribution in [3.8, 4) is 0 Å². The molecule has 3 aromatic rings. The summed E-state index contributed by atoms with van der Waals surface area (Å²) < 4.78 is 38.8. The minimum absolute atomic E-state index is 0.0162. The van der Waals surface area contributed by atoms with Crippen LogP contribution >= 0.6 is 0 Å². The zero-order valence-corrected chi connectivity index (χ0v) is 16.1. The number of ether oxygens (including phenoxy) is 1. The third-order valence-corrected chi connectivity index (χ3v) is 6.78. The van der Waals surface area contributed by atoms with Crippen LogP contribution < -0.4 is 10.1 Å². The van der Waals surface area contributed by atoms with Crippen LogP contribution in [0.25, 0.3) is 11.1 Å². The number of oxazole rings is 1. The SMILES string of the molecule is COC(=O)Cn1c(=O)oc2cc(S(=O)(=O)N3c4ccccc4CC3C)ccc21. The largest absolute Gasteiger partial charge is 0.468 e. The van der Waals surface area contributed by atoms with Gasteiger partial charge in [0.15, 0.2) is 5.58 Å². The van der Waals surface area contributed by atoms with Crippen LogP contribution in [0.5, 0.6) is 0 Å². The first kappa shape index (κ1) is 18.3. The lowest BCUT2D eigenvalue weighted by Gasteiger charge is -2.24. The lowest BCUT2D eigenvalue weighted by Crippen LogP contribution is -2.35. The molecule has 0 saturated carbocycles. The van der Waals surface area contributed by atoms with Crippen molar-refractivity contribution in [2.75, 3.05) is 11.4 Å². The van der Waals surface area contributed by atoms with Crippen molar-refractivity contribution in [1.29, 1.82) is 0 Å². The Labute approximate surface area is 161 Å². The highest BCUT2D eigenvalue weighted by atomic mass is 32.2. The van der Waals surface area contributed by atoms with Gasteiger partial charge in [0.1, 0.15) is 6.54 Å². The summed E-state index contributed by atoms with van der Waals surface area (Å²) in [6.45, 7) is 1.54. The van der Waals surface area contributed by atoms with Gasteiger partial charge in [-0.1, -0.05) is 18.2 Å². The van der Waals surface area contributed by atoms with Gasteiger partial charge in [-0.2, -0.15) is 0 Å². The van der Waals surface area contributed by atoms with Crippen molar-refractivity contribution in [1.82, 2.24) is 4.57 Å². The van der Waals surface area contributed by atoms with E-state index in [-0.39, 0.29) is 23.1 Å². The van der Waals surface area contributed by atoms with Crippen LogP contribution in [-0.4, -0.2) is 32.1 Å². The van der Waals surface area contributed by atoms with Crippen molar-refractivity contribution < 1.29 is 22.4 Å². The van der Waals surface area contributed by atoms with E-state index < -0.39 is 21.7 Å². The van der Waals surface area contributed by atoms with Crippen LogP contribution in [0.15, 0.2) is 56.6 Å². The molecule has 146 valence electrons. The van der Waals surface area contributed by atoms with Gasteiger partial charge in [0.2, 0.25) is 0 Å². The van der Waals surface area contributed by atoms with E-state index in [2.05, 4.69) is 4.74 Å². The number of fused-ring (bicyclic) bond motifs is 2. The normalized spacial score (nSPS) is 16.4. The van der Waals surface area contributed by atoms with Crippen LogP contribution in [0, 0.1) is 0 Å². The Bertz CT molecular complexity index is 1240. The van der Waals surface area contributed by atoms with Crippen LogP contribution in [0.4, 0.5) is 5.69 Å². The molecule has 0 saturated heterocycles. The highest BCUT2D eigenvalue weighted by Crippen LogP contribution is 2.36. The fraction of sp³-hybridized carbons (Fsp3) is 0.263.